The summed E-state index contributed by atoms with van der Waals surface area (Å²) in [5.74, 6) is 0.0252. The fourth-order valence-electron chi connectivity index (χ4n) is 1.83. The van der Waals surface area contributed by atoms with Gasteiger partial charge >= 0.3 is 0 Å². The van der Waals surface area contributed by atoms with E-state index >= 15 is 0 Å². The molecule has 1 aromatic heterocycles. The van der Waals surface area contributed by atoms with Crippen molar-refractivity contribution in [2.75, 3.05) is 25.1 Å². The highest BCUT2D eigenvalue weighted by Crippen LogP contribution is 2.16. The van der Waals surface area contributed by atoms with Crippen LogP contribution in [-0.4, -0.2) is 36.8 Å². The number of nitrogens with one attached hydrogen (secondary N) is 1. The molecule has 0 radical (unpaired) electrons. The number of rotatable bonds is 5. The normalized spacial score (nSPS) is 17.7. The lowest BCUT2D eigenvalue weighted by molar-refractivity contribution is -0.121. The van der Waals surface area contributed by atoms with Gasteiger partial charge in [-0.3, -0.25) is 4.79 Å². The fraction of sp³-hybridized carbons (Fsp3) is 0.462. The van der Waals surface area contributed by atoms with Gasteiger partial charge in [-0.05, 0) is 40.9 Å². The summed E-state index contributed by atoms with van der Waals surface area (Å²) < 4.78 is 11.3. The minimum absolute atomic E-state index is 0.0561. The predicted molar refractivity (Wildman–Crippen MR) is 75.1 cm³/mol. The lowest BCUT2D eigenvalue weighted by atomic mass is 10.2. The van der Waals surface area contributed by atoms with Crippen LogP contribution >= 0.6 is 15.9 Å². The summed E-state index contributed by atoms with van der Waals surface area (Å²) in [4.78, 5) is 15.7. The first-order valence-corrected chi connectivity index (χ1v) is 7.04. The van der Waals surface area contributed by atoms with Crippen LogP contribution in [0.15, 0.2) is 16.6 Å². The molecule has 0 spiro atoms. The first kappa shape index (κ1) is 14.9. The third-order valence-corrected chi connectivity index (χ3v) is 3.42. The number of carbonyl (C=O) groups is 1. The third kappa shape index (κ3) is 4.27. The van der Waals surface area contributed by atoms with E-state index in [1.54, 1.807) is 12.1 Å². The Kier molecular flexibility index (Phi) is 5.47. The average Bonchev–Trinajstić information content (AvgIpc) is 2.94. The SMILES string of the molecule is N#Cc1nc(NC(=O)COCC2CCCO2)ccc1Br. The van der Waals surface area contributed by atoms with Crippen LogP contribution in [0.3, 0.4) is 0 Å². The Hall–Kier alpha value is -1.49. The topological polar surface area (TPSA) is 84.2 Å². The lowest BCUT2D eigenvalue weighted by Gasteiger charge is -2.10. The molecule has 0 bridgehead atoms. The highest BCUT2D eigenvalue weighted by atomic mass is 79.9. The van der Waals surface area contributed by atoms with Gasteiger partial charge in [-0.15, -0.1) is 0 Å². The van der Waals surface area contributed by atoms with Gasteiger partial charge in [0.1, 0.15) is 18.5 Å². The van der Waals surface area contributed by atoms with Crippen molar-refractivity contribution in [3.8, 4) is 6.07 Å². The second kappa shape index (κ2) is 7.33. The Morgan fingerprint density at radius 1 is 1.65 bits per heavy atom. The van der Waals surface area contributed by atoms with Crippen molar-refractivity contribution in [2.45, 2.75) is 18.9 Å². The smallest absolute Gasteiger partial charge is 0.251 e. The summed E-state index contributed by atoms with van der Waals surface area (Å²) in [6.45, 7) is 1.13. The summed E-state index contributed by atoms with van der Waals surface area (Å²) in [5.41, 5.74) is 0.225. The van der Waals surface area contributed by atoms with E-state index in [2.05, 4.69) is 26.2 Å². The monoisotopic (exact) mass is 339 g/mol. The number of nitriles is 1. The quantitative estimate of drug-likeness (QED) is 0.884. The maximum absolute atomic E-state index is 11.7. The molecule has 0 aromatic carbocycles. The van der Waals surface area contributed by atoms with Crippen molar-refractivity contribution in [1.82, 2.24) is 4.98 Å². The van der Waals surface area contributed by atoms with Crippen LogP contribution in [0.5, 0.6) is 0 Å². The zero-order chi connectivity index (χ0) is 14.4. The van der Waals surface area contributed by atoms with E-state index in [0.29, 0.717) is 16.9 Å². The van der Waals surface area contributed by atoms with Crippen molar-refractivity contribution in [3.05, 3.63) is 22.3 Å². The molecule has 6 nitrogen and oxygen atoms in total. The zero-order valence-corrected chi connectivity index (χ0v) is 12.4. The third-order valence-electron chi connectivity index (χ3n) is 2.78. The Morgan fingerprint density at radius 3 is 3.20 bits per heavy atom. The van der Waals surface area contributed by atoms with Crippen LogP contribution in [0.4, 0.5) is 5.82 Å². The number of halogens is 1. The Balaban J connectivity index is 1.77. The first-order chi connectivity index (χ1) is 9.69. The molecule has 1 aliphatic rings. The highest BCUT2D eigenvalue weighted by molar-refractivity contribution is 9.10. The molecule has 1 atom stereocenters. The minimum Gasteiger partial charge on any atom is -0.376 e. The number of ether oxygens (including phenoxy) is 2. The first-order valence-electron chi connectivity index (χ1n) is 6.25. The second-order valence-corrected chi connectivity index (χ2v) is 5.19. The molecule has 1 saturated heterocycles. The average molecular weight is 340 g/mol. The molecule has 1 N–H and O–H groups in total. The van der Waals surface area contributed by atoms with E-state index in [1.165, 1.54) is 0 Å². The van der Waals surface area contributed by atoms with Crippen molar-refractivity contribution in [1.29, 1.82) is 5.26 Å². The predicted octanol–water partition coefficient (Wildman–Crippen LogP) is 1.85. The molecule has 0 saturated carbocycles. The van der Waals surface area contributed by atoms with E-state index < -0.39 is 0 Å². The van der Waals surface area contributed by atoms with Crippen LogP contribution in [0.2, 0.25) is 0 Å². The number of pyridine rings is 1. The van der Waals surface area contributed by atoms with Crippen LogP contribution in [0.1, 0.15) is 18.5 Å². The fourth-order valence-corrected chi connectivity index (χ4v) is 2.14. The number of amides is 1. The molecule has 7 heteroatoms. The van der Waals surface area contributed by atoms with E-state index in [-0.39, 0.29) is 24.3 Å². The van der Waals surface area contributed by atoms with Gasteiger partial charge in [-0.25, -0.2) is 4.98 Å². The summed E-state index contributed by atoms with van der Waals surface area (Å²) in [6, 6.07) is 5.21. The molecule has 106 valence electrons. The molecule has 1 aromatic rings. The van der Waals surface area contributed by atoms with Gasteiger partial charge in [0.05, 0.1) is 17.2 Å². The van der Waals surface area contributed by atoms with Crippen LogP contribution in [-0.2, 0) is 14.3 Å². The highest BCUT2D eigenvalue weighted by Gasteiger charge is 2.16. The second-order valence-electron chi connectivity index (χ2n) is 4.34. The molecule has 0 aliphatic carbocycles. The molecule has 1 aliphatic heterocycles. The van der Waals surface area contributed by atoms with Gasteiger partial charge in [-0.1, -0.05) is 0 Å². The van der Waals surface area contributed by atoms with E-state index in [0.717, 1.165) is 19.4 Å². The summed E-state index contributed by atoms with van der Waals surface area (Å²) in [7, 11) is 0. The minimum atomic E-state index is -0.304. The van der Waals surface area contributed by atoms with Gasteiger partial charge in [0, 0.05) is 6.61 Å². The van der Waals surface area contributed by atoms with Crippen LogP contribution in [0.25, 0.3) is 0 Å². The van der Waals surface area contributed by atoms with Crippen molar-refractivity contribution in [3.63, 3.8) is 0 Å². The summed E-state index contributed by atoms with van der Waals surface area (Å²) >= 11 is 3.20. The van der Waals surface area contributed by atoms with Crippen LogP contribution in [0, 0.1) is 11.3 Å². The van der Waals surface area contributed by atoms with Gasteiger partial charge in [0.2, 0.25) is 0 Å². The number of carbonyl (C=O) groups excluding carboxylic acids is 1. The number of hydrogen-bond donors (Lipinski definition) is 1. The Labute approximate surface area is 125 Å². The summed E-state index contributed by atoms with van der Waals surface area (Å²) in [5, 5.41) is 11.4. The molecule has 1 fully saturated rings. The Bertz CT molecular complexity index is 524. The summed E-state index contributed by atoms with van der Waals surface area (Å²) in [6.07, 6.45) is 2.11. The van der Waals surface area contributed by atoms with Gasteiger partial charge < -0.3 is 14.8 Å². The largest absolute Gasteiger partial charge is 0.376 e. The van der Waals surface area contributed by atoms with Crippen LogP contribution < -0.4 is 5.32 Å². The number of aromatic nitrogens is 1. The standard InChI is InChI=1S/C13H14BrN3O3/c14-10-3-4-12(16-11(10)6-15)17-13(18)8-19-7-9-2-1-5-20-9/h3-4,9H,1-2,5,7-8H2,(H,16,17,18). The van der Waals surface area contributed by atoms with Crippen molar-refractivity contribution in [2.24, 2.45) is 0 Å². The lowest BCUT2D eigenvalue weighted by Crippen LogP contribution is -2.23. The van der Waals surface area contributed by atoms with Crippen molar-refractivity contribution < 1.29 is 14.3 Å². The number of hydrogen-bond acceptors (Lipinski definition) is 5. The number of nitrogens with zero attached hydrogens (tertiary/aromatic N) is 2. The molecule has 2 rings (SSSR count). The molecular weight excluding hydrogens is 326 g/mol. The Morgan fingerprint density at radius 2 is 2.50 bits per heavy atom. The molecule has 2 heterocycles. The number of anilines is 1. The molecular formula is C13H14BrN3O3. The van der Waals surface area contributed by atoms with Gasteiger partial charge in [-0.2, -0.15) is 5.26 Å². The van der Waals surface area contributed by atoms with E-state index in [4.69, 9.17) is 14.7 Å². The van der Waals surface area contributed by atoms with Crippen molar-refractivity contribution >= 4 is 27.7 Å². The van der Waals surface area contributed by atoms with Gasteiger partial charge in [0.25, 0.3) is 5.91 Å². The maximum atomic E-state index is 11.7. The maximum Gasteiger partial charge on any atom is 0.251 e. The van der Waals surface area contributed by atoms with E-state index in [1.807, 2.05) is 6.07 Å². The van der Waals surface area contributed by atoms with Gasteiger partial charge in [0.15, 0.2) is 5.69 Å². The van der Waals surface area contributed by atoms with E-state index in [9.17, 15) is 4.79 Å². The zero-order valence-electron chi connectivity index (χ0n) is 10.8. The molecule has 20 heavy (non-hydrogen) atoms. The molecule has 1 amide bonds. The molecule has 1 unspecified atom stereocenters.